The van der Waals surface area contributed by atoms with Crippen molar-refractivity contribution in [1.82, 2.24) is 10.3 Å². The minimum atomic E-state index is -0.489. The molecule has 1 amide bonds. The molecule has 3 rings (SSSR count). The maximum Gasteiger partial charge on any atom is 0.270 e. The van der Waals surface area contributed by atoms with E-state index in [0.29, 0.717) is 49.8 Å². The molecule has 1 N–H and O–H groups in total. The average molecular weight is 362 g/mol. The van der Waals surface area contributed by atoms with Crippen LogP contribution in [-0.2, 0) is 9.47 Å². The van der Waals surface area contributed by atoms with Crippen molar-refractivity contribution >= 4 is 5.91 Å². The molecule has 0 aromatic carbocycles. The lowest BCUT2D eigenvalue weighted by Crippen LogP contribution is -2.47. The number of carbonyl (C=O) groups excluding carboxylic acids is 1. The maximum atomic E-state index is 12.6. The Bertz CT molecular complexity index is 624. The summed E-state index contributed by atoms with van der Waals surface area (Å²) in [4.78, 5) is 17.2. The van der Waals surface area contributed by atoms with Gasteiger partial charge in [-0.25, -0.2) is 4.98 Å². The summed E-state index contributed by atoms with van der Waals surface area (Å²) in [6, 6.07) is 3.80. The van der Waals surface area contributed by atoms with Gasteiger partial charge in [-0.05, 0) is 57.4 Å². The lowest BCUT2D eigenvalue weighted by atomic mass is 10.1. The van der Waals surface area contributed by atoms with Crippen molar-refractivity contribution in [1.29, 1.82) is 0 Å². The third-order valence-corrected chi connectivity index (χ3v) is 4.64. The fourth-order valence-electron chi connectivity index (χ4n) is 2.76. The van der Waals surface area contributed by atoms with Crippen molar-refractivity contribution < 1.29 is 19.0 Å². The van der Waals surface area contributed by atoms with Crippen LogP contribution < -0.4 is 10.1 Å². The first kappa shape index (κ1) is 19.1. The van der Waals surface area contributed by atoms with Gasteiger partial charge in [-0.15, -0.1) is 0 Å². The van der Waals surface area contributed by atoms with Crippen molar-refractivity contribution in [3.05, 3.63) is 23.4 Å². The third kappa shape index (κ3) is 5.68. The van der Waals surface area contributed by atoms with Gasteiger partial charge in [-0.2, -0.15) is 0 Å². The van der Waals surface area contributed by atoms with Gasteiger partial charge in [-0.3, -0.25) is 4.79 Å². The van der Waals surface area contributed by atoms with Crippen LogP contribution in [0.3, 0.4) is 0 Å². The molecule has 6 heteroatoms. The minimum Gasteiger partial charge on any atom is -0.477 e. The highest BCUT2D eigenvalue weighted by atomic mass is 16.5. The minimum absolute atomic E-state index is 0.205. The summed E-state index contributed by atoms with van der Waals surface area (Å²) in [5.74, 6) is 1.63. The lowest BCUT2D eigenvalue weighted by molar-refractivity contribution is 0.0398. The third-order valence-electron chi connectivity index (χ3n) is 4.64. The van der Waals surface area contributed by atoms with E-state index >= 15 is 0 Å². The Morgan fingerprint density at radius 2 is 2.00 bits per heavy atom. The number of ether oxygens (including phenoxy) is 3. The van der Waals surface area contributed by atoms with Gasteiger partial charge in [0, 0.05) is 12.7 Å². The van der Waals surface area contributed by atoms with Gasteiger partial charge in [0.25, 0.3) is 5.91 Å². The van der Waals surface area contributed by atoms with Crippen LogP contribution in [-0.4, -0.2) is 50.0 Å². The number of hydrogen-bond donors (Lipinski definition) is 1. The molecule has 2 aliphatic rings. The van der Waals surface area contributed by atoms with Crippen LogP contribution >= 0.6 is 0 Å². The lowest BCUT2D eigenvalue weighted by Gasteiger charge is -2.26. The fraction of sp³-hybridized carbons (Fsp3) is 0.700. The van der Waals surface area contributed by atoms with Crippen LogP contribution in [0.1, 0.15) is 61.5 Å². The second-order valence-electron chi connectivity index (χ2n) is 8.00. The summed E-state index contributed by atoms with van der Waals surface area (Å²) >= 11 is 0. The van der Waals surface area contributed by atoms with Crippen LogP contribution in [0.25, 0.3) is 0 Å². The van der Waals surface area contributed by atoms with Gasteiger partial charge in [0.1, 0.15) is 5.69 Å². The van der Waals surface area contributed by atoms with Crippen molar-refractivity contribution in [3.63, 3.8) is 0 Å². The molecule has 0 aliphatic heterocycles. The Labute approximate surface area is 155 Å². The SMILES string of the molecule is COCCOCC(C)(C)NC(=O)c1ccc(C2CC2)c(OCC2CC2)n1. The average Bonchev–Trinajstić information content (AvgIpc) is 3.49. The Hall–Kier alpha value is -1.66. The number of hydrogen-bond acceptors (Lipinski definition) is 5. The van der Waals surface area contributed by atoms with E-state index in [2.05, 4.69) is 10.3 Å². The van der Waals surface area contributed by atoms with Crippen LogP contribution in [0.4, 0.5) is 0 Å². The van der Waals surface area contributed by atoms with Crippen LogP contribution in [0.5, 0.6) is 5.88 Å². The van der Waals surface area contributed by atoms with Crippen molar-refractivity contribution in [2.75, 3.05) is 33.5 Å². The normalized spacial score (nSPS) is 17.2. The van der Waals surface area contributed by atoms with Crippen LogP contribution in [0.15, 0.2) is 12.1 Å². The van der Waals surface area contributed by atoms with Gasteiger partial charge in [0.05, 0.1) is 32.0 Å². The van der Waals surface area contributed by atoms with Gasteiger partial charge in [-0.1, -0.05) is 6.07 Å². The zero-order chi connectivity index (χ0) is 18.6. The molecule has 144 valence electrons. The molecular weight excluding hydrogens is 332 g/mol. The van der Waals surface area contributed by atoms with Gasteiger partial charge >= 0.3 is 0 Å². The van der Waals surface area contributed by atoms with E-state index in [4.69, 9.17) is 14.2 Å². The van der Waals surface area contributed by atoms with Crippen molar-refractivity contribution in [2.24, 2.45) is 5.92 Å². The van der Waals surface area contributed by atoms with Gasteiger partial charge < -0.3 is 19.5 Å². The smallest absolute Gasteiger partial charge is 0.270 e. The predicted octanol–water partition coefficient (Wildman–Crippen LogP) is 2.92. The molecule has 0 radical (unpaired) electrons. The first-order valence-corrected chi connectivity index (χ1v) is 9.51. The van der Waals surface area contributed by atoms with Gasteiger partial charge in [0.2, 0.25) is 5.88 Å². The number of nitrogens with one attached hydrogen (secondary N) is 1. The summed E-state index contributed by atoms with van der Waals surface area (Å²) in [6.07, 6.45) is 4.82. The molecule has 0 spiro atoms. The first-order chi connectivity index (χ1) is 12.5. The number of nitrogens with zero attached hydrogens (tertiary/aromatic N) is 1. The summed E-state index contributed by atoms with van der Waals surface area (Å²) in [7, 11) is 1.64. The largest absolute Gasteiger partial charge is 0.477 e. The number of amides is 1. The quantitative estimate of drug-likeness (QED) is 0.613. The number of carbonyl (C=O) groups is 1. The predicted molar refractivity (Wildman–Crippen MR) is 98.7 cm³/mol. The molecule has 6 nitrogen and oxygen atoms in total. The Balaban J connectivity index is 1.61. The zero-order valence-electron chi connectivity index (χ0n) is 16.0. The molecule has 2 fully saturated rings. The zero-order valence-corrected chi connectivity index (χ0v) is 16.0. The van der Waals surface area contributed by atoms with E-state index in [0.717, 1.165) is 5.56 Å². The molecule has 0 saturated heterocycles. The second-order valence-corrected chi connectivity index (χ2v) is 8.00. The van der Waals surface area contributed by atoms with E-state index in [9.17, 15) is 4.79 Å². The maximum absolute atomic E-state index is 12.6. The second kappa shape index (κ2) is 8.35. The molecule has 1 aromatic heterocycles. The Kier molecular flexibility index (Phi) is 6.14. The number of aromatic nitrogens is 1. The number of methoxy groups -OCH3 is 1. The molecule has 0 unspecified atom stereocenters. The van der Waals surface area contributed by atoms with E-state index in [1.807, 2.05) is 19.9 Å². The number of pyridine rings is 1. The molecule has 26 heavy (non-hydrogen) atoms. The summed E-state index contributed by atoms with van der Waals surface area (Å²) < 4.78 is 16.5. The highest BCUT2D eigenvalue weighted by Gasteiger charge is 2.30. The molecule has 0 atom stereocenters. The highest BCUT2D eigenvalue weighted by Crippen LogP contribution is 2.44. The van der Waals surface area contributed by atoms with E-state index < -0.39 is 5.54 Å². The molecule has 0 bridgehead atoms. The molecule has 1 heterocycles. The van der Waals surface area contributed by atoms with Crippen molar-refractivity contribution in [2.45, 2.75) is 51.0 Å². The van der Waals surface area contributed by atoms with E-state index in [1.54, 1.807) is 13.2 Å². The first-order valence-electron chi connectivity index (χ1n) is 9.51. The summed E-state index contributed by atoms with van der Waals surface area (Å²) in [5, 5.41) is 3.00. The van der Waals surface area contributed by atoms with E-state index in [1.165, 1.54) is 25.7 Å². The molecule has 2 aliphatic carbocycles. The summed E-state index contributed by atoms with van der Waals surface area (Å²) in [5.41, 5.74) is 1.05. The monoisotopic (exact) mass is 362 g/mol. The van der Waals surface area contributed by atoms with Crippen LogP contribution in [0, 0.1) is 5.92 Å². The fourth-order valence-corrected chi connectivity index (χ4v) is 2.76. The molecular formula is C20H30N2O4. The van der Waals surface area contributed by atoms with E-state index in [-0.39, 0.29) is 5.91 Å². The Morgan fingerprint density at radius 1 is 1.23 bits per heavy atom. The Morgan fingerprint density at radius 3 is 2.65 bits per heavy atom. The van der Waals surface area contributed by atoms with Gasteiger partial charge in [0.15, 0.2) is 0 Å². The topological polar surface area (TPSA) is 69.7 Å². The standard InChI is InChI=1S/C20H30N2O4/c1-20(2,13-25-11-10-24-3)22-18(23)17-9-8-16(15-6-7-15)19(21-17)26-12-14-4-5-14/h8-9,14-15H,4-7,10-13H2,1-3H3,(H,22,23). The highest BCUT2D eigenvalue weighted by molar-refractivity contribution is 5.93. The molecule has 2 saturated carbocycles. The van der Waals surface area contributed by atoms with Crippen molar-refractivity contribution in [3.8, 4) is 5.88 Å². The number of rotatable bonds is 11. The van der Waals surface area contributed by atoms with Crippen LogP contribution in [0.2, 0.25) is 0 Å². The molecule has 1 aromatic rings. The summed E-state index contributed by atoms with van der Waals surface area (Å²) in [6.45, 7) is 6.02.